The Kier molecular flexibility index (Phi) is 5.29. The molecule has 1 aliphatic rings. The smallest absolute Gasteiger partial charge is 0.243 e. The zero-order chi connectivity index (χ0) is 21.5. The van der Waals surface area contributed by atoms with E-state index in [4.69, 9.17) is 0 Å². The highest BCUT2D eigenvalue weighted by Gasteiger charge is 2.30. The van der Waals surface area contributed by atoms with E-state index in [0.29, 0.717) is 37.6 Å². The van der Waals surface area contributed by atoms with Crippen LogP contribution < -0.4 is 4.90 Å². The van der Waals surface area contributed by atoms with Gasteiger partial charge in [-0.25, -0.2) is 27.5 Å². The van der Waals surface area contributed by atoms with Gasteiger partial charge in [0.1, 0.15) is 18.0 Å². The molecule has 0 saturated carbocycles. The fourth-order valence-electron chi connectivity index (χ4n) is 3.69. The molecular formula is C20H23FN6O2S. The first-order chi connectivity index (χ1) is 14.3. The van der Waals surface area contributed by atoms with Gasteiger partial charge in [-0.2, -0.15) is 9.40 Å². The maximum Gasteiger partial charge on any atom is 0.243 e. The van der Waals surface area contributed by atoms with Crippen molar-refractivity contribution >= 4 is 15.8 Å². The second-order valence-corrected chi connectivity index (χ2v) is 9.28. The van der Waals surface area contributed by atoms with Crippen molar-refractivity contribution in [2.24, 2.45) is 0 Å². The lowest BCUT2D eigenvalue weighted by atomic mass is 10.2. The quantitative estimate of drug-likeness (QED) is 0.631. The normalized spacial score (nSPS) is 15.5. The Labute approximate surface area is 175 Å². The third-order valence-corrected chi connectivity index (χ3v) is 7.24. The van der Waals surface area contributed by atoms with Crippen LogP contribution in [0.15, 0.2) is 41.6 Å². The third kappa shape index (κ3) is 3.80. The van der Waals surface area contributed by atoms with E-state index >= 15 is 0 Å². The Bertz CT molecular complexity index is 1190. The highest BCUT2D eigenvalue weighted by molar-refractivity contribution is 7.89. The van der Waals surface area contributed by atoms with Gasteiger partial charge in [0.25, 0.3) is 0 Å². The van der Waals surface area contributed by atoms with Crippen molar-refractivity contribution < 1.29 is 12.8 Å². The summed E-state index contributed by atoms with van der Waals surface area (Å²) in [5.74, 6) is 0.948. The maximum absolute atomic E-state index is 13.4. The van der Waals surface area contributed by atoms with Crippen LogP contribution in [-0.4, -0.2) is 58.7 Å². The van der Waals surface area contributed by atoms with Gasteiger partial charge >= 0.3 is 0 Å². The highest BCUT2D eigenvalue weighted by Crippen LogP contribution is 2.24. The number of piperazine rings is 1. The minimum Gasteiger partial charge on any atom is -0.354 e. The van der Waals surface area contributed by atoms with Gasteiger partial charge < -0.3 is 4.90 Å². The number of anilines is 1. The lowest BCUT2D eigenvalue weighted by Gasteiger charge is -2.34. The molecule has 1 saturated heterocycles. The van der Waals surface area contributed by atoms with E-state index < -0.39 is 15.8 Å². The number of aromatic nitrogens is 4. The van der Waals surface area contributed by atoms with Crippen molar-refractivity contribution in [3.63, 3.8) is 0 Å². The summed E-state index contributed by atoms with van der Waals surface area (Å²) in [6, 6.07) is 7.58. The van der Waals surface area contributed by atoms with Gasteiger partial charge in [-0.15, -0.1) is 0 Å². The van der Waals surface area contributed by atoms with Gasteiger partial charge in [-0.1, -0.05) is 0 Å². The third-order valence-electron chi connectivity index (χ3n) is 5.18. The average Bonchev–Trinajstić information content (AvgIpc) is 3.06. The molecule has 1 aliphatic heterocycles. The summed E-state index contributed by atoms with van der Waals surface area (Å²) in [5, 5.41) is 4.45. The monoisotopic (exact) mass is 430 g/mol. The van der Waals surface area contributed by atoms with Crippen LogP contribution in [0.4, 0.5) is 10.2 Å². The molecule has 3 aromatic rings. The van der Waals surface area contributed by atoms with Gasteiger partial charge in [0.15, 0.2) is 5.82 Å². The molecule has 0 amide bonds. The highest BCUT2D eigenvalue weighted by atomic mass is 32.2. The second-order valence-electron chi connectivity index (χ2n) is 7.37. The number of sulfonamides is 1. The molecule has 2 aromatic heterocycles. The van der Waals surface area contributed by atoms with Crippen LogP contribution >= 0.6 is 0 Å². The van der Waals surface area contributed by atoms with Crippen molar-refractivity contribution in [3.05, 3.63) is 59.4 Å². The molecule has 1 fully saturated rings. The van der Waals surface area contributed by atoms with Crippen LogP contribution in [0.25, 0.3) is 5.82 Å². The molecule has 0 bridgehead atoms. The Balaban J connectivity index is 1.51. The first kappa shape index (κ1) is 20.4. The first-order valence-corrected chi connectivity index (χ1v) is 11.1. The van der Waals surface area contributed by atoms with Crippen LogP contribution in [0.3, 0.4) is 0 Å². The number of aryl methyl sites for hydroxylation is 3. The SMILES string of the molecule is Cc1cc(C)n(-c2cc(N3CCN(S(=O)(=O)c4ccc(F)cc4C)CC3)ncn2)n1. The first-order valence-electron chi connectivity index (χ1n) is 9.62. The summed E-state index contributed by atoms with van der Waals surface area (Å²) in [7, 11) is -3.68. The van der Waals surface area contributed by atoms with Crippen LogP contribution in [0, 0.1) is 26.6 Å². The van der Waals surface area contributed by atoms with Gasteiger partial charge in [-0.3, -0.25) is 0 Å². The molecule has 0 unspecified atom stereocenters. The molecule has 4 rings (SSSR count). The van der Waals surface area contributed by atoms with Crippen molar-refractivity contribution in [1.29, 1.82) is 0 Å². The molecular weight excluding hydrogens is 407 g/mol. The summed E-state index contributed by atoms with van der Waals surface area (Å²) in [6.45, 7) is 7.11. The van der Waals surface area contributed by atoms with E-state index in [1.54, 1.807) is 11.6 Å². The Hall–Kier alpha value is -2.85. The van der Waals surface area contributed by atoms with Crippen LogP contribution in [-0.2, 0) is 10.0 Å². The molecule has 0 aliphatic carbocycles. The Morgan fingerprint density at radius 1 is 0.933 bits per heavy atom. The van der Waals surface area contributed by atoms with Gasteiger partial charge in [0, 0.05) is 37.9 Å². The number of hydrogen-bond acceptors (Lipinski definition) is 6. The Morgan fingerprint density at radius 2 is 1.63 bits per heavy atom. The van der Waals surface area contributed by atoms with E-state index in [9.17, 15) is 12.8 Å². The molecule has 158 valence electrons. The molecule has 1 aromatic carbocycles. The predicted octanol–water partition coefficient (Wildman–Crippen LogP) is 2.24. The van der Waals surface area contributed by atoms with Crippen molar-refractivity contribution in [1.82, 2.24) is 24.1 Å². The zero-order valence-corrected chi connectivity index (χ0v) is 17.9. The molecule has 0 atom stereocenters. The van der Waals surface area contributed by atoms with E-state index in [-0.39, 0.29) is 4.90 Å². The fourth-order valence-corrected chi connectivity index (χ4v) is 5.31. The minimum absolute atomic E-state index is 0.145. The molecule has 3 heterocycles. The summed E-state index contributed by atoms with van der Waals surface area (Å²) in [6.07, 6.45) is 1.49. The summed E-state index contributed by atoms with van der Waals surface area (Å²) in [5.41, 5.74) is 2.29. The largest absolute Gasteiger partial charge is 0.354 e. The lowest BCUT2D eigenvalue weighted by Crippen LogP contribution is -2.49. The second kappa shape index (κ2) is 7.77. The van der Waals surface area contributed by atoms with Crippen LogP contribution in [0.1, 0.15) is 17.0 Å². The van der Waals surface area contributed by atoms with Crippen LogP contribution in [0.2, 0.25) is 0 Å². The molecule has 0 N–H and O–H groups in total. The summed E-state index contributed by atoms with van der Waals surface area (Å²) >= 11 is 0. The average molecular weight is 431 g/mol. The van der Waals surface area contributed by atoms with Gasteiger partial charge in [0.2, 0.25) is 10.0 Å². The van der Waals surface area contributed by atoms with Crippen molar-refractivity contribution in [3.8, 4) is 5.82 Å². The fraction of sp³-hybridized carbons (Fsp3) is 0.350. The maximum atomic E-state index is 13.4. The number of hydrogen-bond donors (Lipinski definition) is 0. The molecule has 0 radical (unpaired) electrons. The lowest BCUT2D eigenvalue weighted by molar-refractivity contribution is 0.383. The molecule has 8 nitrogen and oxygen atoms in total. The van der Waals surface area contributed by atoms with E-state index in [1.807, 2.05) is 30.9 Å². The van der Waals surface area contributed by atoms with Gasteiger partial charge in [-0.05, 0) is 50.6 Å². The summed E-state index contributed by atoms with van der Waals surface area (Å²) < 4.78 is 42.5. The van der Waals surface area contributed by atoms with E-state index in [0.717, 1.165) is 17.2 Å². The molecule has 0 spiro atoms. The minimum atomic E-state index is -3.68. The number of halogens is 1. The standard InChI is InChI=1S/C20H23FN6O2S/c1-14-10-17(21)4-5-18(14)30(28,29)26-8-6-25(7-9-26)19-12-20(23-13-22-19)27-16(3)11-15(2)24-27/h4-5,10-13H,6-9H2,1-3H3. The van der Waals surface area contributed by atoms with Gasteiger partial charge in [0.05, 0.1) is 10.6 Å². The van der Waals surface area contributed by atoms with Crippen molar-refractivity contribution in [2.75, 3.05) is 31.1 Å². The Morgan fingerprint density at radius 3 is 2.27 bits per heavy atom. The number of nitrogens with zero attached hydrogens (tertiary/aromatic N) is 6. The van der Waals surface area contributed by atoms with Crippen molar-refractivity contribution in [2.45, 2.75) is 25.7 Å². The molecule has 10 heteroatoms. The van der Waals surface area contributed by atoms with E-state index in [1.165, 1.54) is 28.8 Å². The van der Waals surface area contributed by atoms with E-state index in [2.05, 4.69) is 15.1 Å². The number of benzene rings is 1. The van der Waals surface area contributed by atoms with Crippen LogP contribution in [0.5, 0.6) is 0 Å². The number of rotatable bonds is 4. The zero-order valence-electron chi connectivity index (χ0n) is 17.1. The predicted molar refractivity (Wildman–Crippen MR) is 111 cm³/mol. The summed E-state index contributed by atoms with van der Waals surface area (Å²) in [4.78, 5) is 10.8. The molecule has 30 heavy (non-hydrogen) atoms. The topological polar surface area (TPSA) is 84.2 Å².